The van der Waals surface area contributed by atoms with Crippen molar-refractivity contribution in [2.24, 2.45) is 5.92 Å². The molecule has 2 aliphatic rings. The number of phenols is 1. The minimum Gasteiger partial charge on any atom is -0.508 e. The maximum absolute atomic E-state index is 13.1. The number of benzene rings is 1. The van der Waals surface area contributed by atoms with Gasteiger partial charge in [-0.2, -0.15) is 0 Å². The number of imide groups is 1. The molecular formula is C21H28N2O4. The summed E-state index contributed by atoms with van der Waals surface area (Å²) in [4.78, 5) is 41.1. The molecule has 0 spiro atoms. The second kappa shape index (κ2) is 7.71. The highest BCUT2D eigenvalue weighted by Crippen LogP contribution is 2.40. The third-order valence-electron chi connectivity index (χ3n) is 6.15. The number of hydrogen-bond acceptors (Lipinski definition) is 4. The number of phenolic OH excluding ortho intramolecular Hbond substituents is 1. The molecule has 3 amide bonds. The van der Waals surface area contributed by atoms with Crippen LogP contribution in [0.2, 0.25) is 0 Å². The first-order chi connectivity index (χ1) is 12.9. The summed E-state index contributed by atoms with van der Waals surface area (Å²) in [5.74, 6) is -0.612. The monoisotopic (exact) mass is 372 g/mol. The third kappa shape index (κ3) is 3.45. The molecule has 0 radical (unpaired) electrons. The van der Waals surface area contributed by atoms with Crippen molar-refractivity contribution in [2.75, 3.05) is 13.6 Å². The van der Waals surface area contributed by atoms with E-state index in [0.717, 1.165) is 43.4 Å². The van der Waals surface area contributed by atoms with E-state index >= 15 is 0 Å². The van der Waals surface area contributed by atoms with Gasteiger partial charge in [-0.05, 0) is 25.8 Å². The molecule has 1 saturated heterocycles. The molecule has 1 aromatic carbocycles. The second-order valence-electron chi connectivity index (χ2n) is 7.83. The zero-order valence-electron chi connectivity index (χ0n) is 16.1. The maximum atomic E-state index is 13.1. The minimum absolute atomic E-state index is 0.0338. The molecule has 0 bridgehead atoms. The van der Waals surface area contributed by atoms with Crippen LogP contribution >= 0.6 is 0 Å². The SMILES string of the molecule is CN1C(=O)N(CC(=O)C2CCCCCCC2)C(=O)C1(C)c1ccccc1O. The summed E-state index contributed by atoms with van der Waals surface area (Å²) >= 11 is 0. The van der Waals surface area contributed by atoms with Gasteiger partial charge in [0.1, 0.15) is 11.3 Å². The summed E-state index contributed by atoms with van der Waals surface area (Å²) in [6.45, 7) is 1.43. The van der Waals surface area contributed by atoms with E-state index in [0.29, 0.717) is 5.56 Å². The van der Waals surface area contributed by atoms with Crippen molar-refractivity contribution in [3.05, 3.63) is 29.8 Å². The number of amides is 3. The number of ketones is 1. The van der Waals surface area contributed by atoms with Gasteiger partial charge in [0.05, 0.1) is 6.54 Å². The highest BCUT2D eigenvalue weighted by molar-refractivity contribution is 6.09. The standard InChI is InChI=1S/C21H28N2O4/c1-21(16-12-8-9-13-17(16)24)19(26)23(20(27)22(21)2)14-18(25)15-10-6-4-3-5-7-11-15/h8-9,12-13,15,24H,3-7,10-11,14H2,1-2H3. The van der Waals surface area contributed by atoms with Crippen molar-refractivity contribution in [3.8, 4) is 5.75 Å². The van der Waals surface area contributed by atoms with Gasteiger partial charge >= 0.3 is 6.03 Å². The first-order valence-corrected chi connectivity index (χ1v) is 9.78. The number of carbonyl (C=O) groups excluding carboxylic acids is 3. The molecule has 2 fully saturated rings. The largest absolute Gasteiger partial charge is 0.508 e. The number of rotatable bonds is 4. The fraction of sp³-hybridized carbons (Fsp3) is 0.571. The van der Waals surface area contributed by atoms with Crippen LogP contribution in [-0.4, -0.2) is 46.2 Å². The molecule has 6 nitrogen and oxygen atoms in total. The number of urea groups is 1. The summed E-state index contributed by atoms with van der Waals surface area (Å²) in [6.07, 6.45) is 7.21. The lowest BCUT2D eigenvalue weighted by molar-refractivity contribution is -0.136. The lowest BCUT2D eigenvalue weighted by Crippen LogP contribution is -2.42. The van der Waals surface area contributed by atoms with Crippen molar-refractivity contribution >= 4 is 17.7 Å². The number of likely N-dealkylation sites (N-methyl/N-ethyl adjacent to an activating group) is 1. The zero-order chi connectivity index (χ0) is 19.6. The van der Waals surface area contributed by atoms with Crippen LogP contribution in [0.1, 0.15) is 57.4 Å². The Labute approximate surface area is 160 Å². The normalized spacial score (nSPS) is 24.8. The van der Waals surface area contributed by atoms with Gasteiger partial charge in [0.25, 0.3) is 5.91 Å². The molecule has 1 atom stereocenters. The van der Waals surface area contributed by atoms with Gasteiger partial charge in [0, 0.05) is 18.5 Å². The van der Waals surface area contributed by atoms with E-state index in [2.05, 4.69) is 0 Å². The maximum Gasteiger partial charge on any atom is 0.328 e. The first kappa shape index (κ1) is 19.4. The molecule has 1 aliphatic carbocycles. The van der Waals surface area contributed by atoms with Crippen LogP contribution in [0.15, 0.2) is 24.3 Å². The minimum atomic E-state index is -1.32. The van der Waals surface area contributed by atoms with E-state index < -0.39 is 17.5 Å². The van der Waals surface area contributed by atoms with Crippen molar-refractivity contribution in [1.29, 1.82) is 0 Å². The number of hydrogen-bond donors (Lipinski definition) is 1. The van der Waals surface area contributed by atoms with Gasteiger partial charge in [-0.3, -0.25) is 14.5 Å². The van der Waals surface area contributed by atoms with Crippen LogP contribution < -0.4 is 0 Å². The highest BCUT2D eigenvalue weighted by Gasteiger charge is 2.55. The second-order valence-corrected chi connectivity index (χ2v) is 7.83. The Morgan fingerprint density at radius 1 is 1.11 bits per heavy atom. The van der Waals surface area contributed by atoms with Gasteiger partial charge in [0.15, 0.2) is 5.78 Å². The van der Waals surface area contributed by atoms with E-state index in [1.165, 1.54) is 24.4 Å². The van der Waals surface area contributed by atoms with E-state index in [-0.39, 0.29) is 24.0 Å². The molecule has 27 heavy (non-hydrogen) atoms. The molecule has 1 unspecified atom stereocenters. The highest BCUT2D eigenvalue weighted by atomic mass is 16.3. The zero-order valence-corrected chi connectivity index (χ0v) is 16.1. The van der Waals surface area contributed by atoms with Crippen LogP contribution in [-0.2, 0) is 15.1 Å². The molecule has 0 aromatic heterocycles. The molecule has 1 aliphatic heterocycles. The average molecular weight is 372 g/mol. The van der Waals surface area contributed by atoms with Gasteiger partial charge in [-0.15, -0.1) is 0 Å². The van der Waals surface area contributed by atoms with Gasteiger partial charge in [0.2, 0.25) is 0 Å². The van der Waals surface area contributed by atoms with Crippen LogP contribution in [0.3, 0.4) is 0 Å². The Hall–Kier alpha value is -2.37. The number of aromatic hydroxyl groups is 1. The van der Waals surface area contributed by atoms with Crippen molar-refractivity contribution in [3.63, 3.8) is 0 Å². The van der Waals surface area contributed by atoms with Crippen LogP contribution in [0.25, 0.3) is 0 Å². The summed E-state index contributed by atoms with van der Waals surface area (Å²) < 4.78 is 0. The van der Waals surface area contributed by atoms with E-state index in [4.69, 9.17) is 0 Å². The summed E-state index contributed by atoms with van der Waals surface area (Å²) in [6, 6.07) is 6.02. The van der Waals surface area contributed by atoms with E-state index in [1.807, 2.05) is 0 Å². The molecule has 146 valence electrons. The van der Waals surface area contributed by atoms with Crippen LogP contribution in [0.4, 0.5) is 4.79 Å². The fourth-order valence-electron chi connectivity index (χ4n) is 4.25. The predicted molar refractivity (Wildman–Crippen MR) is 101 cm³/mol. The van der Waals surface area contributed by atoms with Gasteiger partial charge in [-0.25, -0.2) is 4.79 Å². The Morgan fingerprint density at radius 2 is 1.70 bits per heavy atom. The smallest absolute Gasteiger partial charge is 0.328 e. The topological polar surface area (TPSA) is 77.9 Å². The molecule has 6 heteroatoms. The number of carbonyl (C=O) groups is 3. The quantitative estimate of drug-likeness (QED) is 0.822. The fourth-order valence-corrected chi connectivity index (χ4v) is 4.25. The van der Waals surface area contributed by atoms with Crippen molar-refractivity contribution < 1.29 is 19.5 Å². The lowest BCUT2D eigenvalue weighted by atomic mass is 9.87. The van der Waals surface area contributed by atoms with Crippen molar-refractivity contribution in [2.45, 2.75) is 57.4 Å². The Bertz CT molecular complexity index is 739. The molecule has 1 saturated carbocycles. The van der Waals surface area contributed by atoms with Gasteiger partial charge in [-0.1, -0.05) is 50.3 Å². The van der Waals surface area contributed by atoms with Crippen molar-refractivity contribution in [1.82, 2.24) is 9.80 Å². The Balaban J connectivity index is 1.81. The molecule has 3 rings (SSSR count). The van der Waals surface area contributed by atoms with E-state index in [9.17, 15) is 19.5 Å². The first-order valence-electron chi connectivity index (χ1n) is 9.78. The third-order valence-corrected chi connectivity index (χ3v) is 6.15. The Kier molecular flexibility index (Phi) is 5.53. The average Bonchev–Trinajstić information content (AvgIpc) is 2.78. The molecular weight excluding hydrogens is 344 g/mol. The summed E-state index contributed by atoms with van der Waals surface area (Å²) in [7, 11) is 1.53. The lowest BCUT2D eigenvalue weighted by Gasteiger charge is -2.29. The summed E-state index contributed by atoms with van der Waals surface area (Å²) in [5, 5.41) is 10.2. The van der Waals surface area contributed by atoms with E-state index in [1.54, 1.807) is 25.1 Å². The molecule has 1 N–H and O–H groups in total. The number of nitrogens with zero attached hydrogens (tertiary/aromatic N) is 2. The Morgan fingerprint density at radius 3 is 2.33 bits per heavy atom. The van der Waals surface area contributed by atoms with Crippen LogP contribution in [0, 0.1) is 5.92 Å². The number of Topliss-reactive ketones (excluding diaryl/α,β-unsaturated/α-hetero) is 1. The van der Waals surface area contributed by atoms with Crippen LogP contribution in [0.5, 0.6) is 5.75 Å². The predicted octanol–water partition coefficient (Wildman–Crippen LogP) is 3.43. The summed E-state index contributed by atoms with van der Waals surface area (Å²) in [5.41, 5.74) is -0.948. The molecule has 1 heterocycles. The molecule has 1 aromatic rings. The number of para-hydroxylation sites is 1. The van der Waals surface area contributed by atoms with Gasteiger partial charge < -0.3 is 10.0 Å².